The zero-order valence-electron chi connectivity index (χ0n) is 13.2. The van der Waals surface area contributed by atoms with Crippen LogP contribution in [0.1, 0.15) is 25.3 Å². The number of carbonyl (C=O) groups is 2. The summed E-state index contributed by atoms with van der Waals surface area (Å²) >= 11 is 0. The number of amides is 2. The Kier molecular flexibility index (Phi) is 3.86. The lowest BCUT2D eigenvalue weighted by Gasteiger charge is -2.15. The van der Waals surface area contributed by atoms with Crippen molar-refractivity contribution in [3.63, 3.8) is 0 Å². The maximum atomic E-state index is 12.0. The van der Waals surface area contributed by atoms with Crippen molar-refractivity contribution in [2.24, 2.45) is 0 Å². The molecule has 0 radical (unpaired) electrons. The molecule has 1 heterocycles. The summed E-state index contributed by atoms with van der Waals surface area (Å²) in [6.07, 6.45) is 0.613. The van der Waals surface area contributed by atoms with Gasteiger partial charge in [-0.25, -0.2) is 16.2 Å². The van der Waals surface area contributed by atoms with E-state index in [1.54, 1.807) is 18.2 Å². The first-order valence-electron chi connectivity index (χ1n) is 7.62. The molecule has 2 amide bonds. The number of nitrogens with one attached hydrogen (secondary N) is 1. The average Bonchev–Trinajstić information content (AvgIpc) is 3.29. The lowest BCUT2D eigenvalue weighted by molar-refractivity contribution is -0.119. The Morgan fingerprint density at radius 1 is 1.46 bits per heavy atom. The highest BCUT2D eigenvalue weighted by molar-refractivity contribution is 5.91. The van der Waals surface area contributed by atoms with Crippen LogP contribution in [0, 0.1) is 13.1 Å². The summed E-state index contributed by atoms with van der Waals surface area (Å²) in [5.74, 6) is -0.182. The van der Waals surface area contributed by atoms with E-state index in [9.17, 15) is 9.59 Å². The molecule has 0 bridgehead atoms. The summed E-state index contributed by atoms with van der Waals surface area (Å²) in [6, 6.07) is 5.15. The molecule has 0 aromatic heterocycles. The van der Waals surface area contributed by atoms with Crippen LogP contribution in [-0.4, -0.2) is 31.2 Å². The van der Waals surface area contributed by atoms with Gasteiger partial charge in [-0.3, -0.25) is 9.69 Å². The Morgan fingerprint density at radius 3 is 2.79 bits per heavy atom. The maximum absolute atomic E-state index is 12.0. The van der Waals surface area contributed by atoms with Crippen LogP contribution >= 0.6 is 0 Å². The molecule has 24 heavy (non-hydrogen) atoms. The van der Waals surface area contributed by atoms with Crippen LogP contribution in [0.2, 0.25) is 0 Å². The Balaban J connectivity index is 1.81. The van der Waals surface area contributed by atoms with E-state index in [0.717, 1.165) is 18.4 Å². The molecular weight excluding hydrogens is 308 g/mol. The quantitative estimate of drug-likeness (QED) is 0.866. The third-order valence-corrected chi connectivity index (χ3v) is 4.31. The molecule has 2 fully saturated rings. The number of anilines is 1. The van der Waals surface area contributed by atoms with Gasteiger partial charge >= 0.3 is 6.09 Å². The Morgan fingerprint density at radius 2 is 2.21 bits per heavy atom. The molecule has 1 saturated carbocycles. The summed E-state index contributed by atoms with van der Waals surface area (Å²) in [4.78, 5) is 31.6. The first-order chi connectivity index (χ1) is 11.5. The summed E-state index contributed by atoms with van der Waals surface area (Å²) < 4.78 is 5.23. The highest BCUT2D eigenvalue weighted by Crippen LogP contribution is 2.53. The molecule has 1 aliphatic carbocycles. The molecule has 1 aliphatic heterocycles. The van der Waals surface area contributed by atoms with Crippen LogP contribution < -0.4 is 10.2 Å². The van der Waals surface area contributed by atoms with E-state index in [1.165, 1.54) is 11.8 Å². The minimum absolute atomic E-state index is 0.182. The van der Waals surface area contributed by atoms with Gasteiger partial charge in [0, 0.05) is 31.0 Å². The van der Waals surface area contributed by atoms with Gasteiger partial charge < -0.3 is 14.9 Å². The maximum Gasteiger partial charge on any atom is 0.414 e. The summed E-state index contributed by atoms with van der Waals surface area (Å²) in [5.41, 5.74) is 1.15. The SMILES string of the molecule is [C-]#[N+]c1cc(N2CC(CNC(C)=O)OC2=O)ccc1C1([N+]#[C-])CC1. The lowest BCUT2D eigenvalue weighted by atomic mass is 10.0. The number of hydrogen-bond acceptors (Lipinski definition) is 3. The number of hydrogen-bond donors (Lipinski definition) is 1. The van der Waals surface area contributed by atoms with E-state index in [0.29, 0.717) is 17.9 Å². The number of cyclic esters (lactones) is 1. The minimum atomic E-state index is -0.558. The molecule has 1 unspecified atom stereocenters. The van der Waals surface area contributed by atoms with Gasteiger partial charge in [-0.15, -0.1) is 0 Å². The van der Waals surface area contributed by atoms with E-state index in [-0.39, 0.29) is 12.5 Å². The second-order valence-corrected chi connectivity index (χ2v) is 6.01. The van der Waals surface area contributed by atoms with Gasteiger partial charge in [-0.2, -0.15) is 0 Å². The molecule has 1 atom stereocenters. The van der Waals surface area contributed by atoms with Crippen molar-refractivity contribution in [2.45, 2.75) is 31.4 Å². The van der Waals surface area contributed by atoms with Gasteiger partial charge in [-0.05, 0) is 12.1 Å². The van der Waals surface area contributed by atoms with E-state index in [4.69, 9.17) is 17.9 Å². The van der Waals surface area contributed by atoms with E-state index in [1.807, 2.05) is 0 Å². The number of ether oxygens (including phenoxy) is 1. The average molecular weight is 324 g/mol. The largest absolute Gasteiger partial charge is 0.442 e. The monoisotopic (exact) mass is 324 g/mol. The Labute approximate surface area is 139 Å². The Hall–Kier alpha value is -3.06. The van der Waals surface area contributed by atoms with Crippen LogP contribution in [0.5, 0.6) is 0 Å². The molecular formula is C17H16N4O3. The van der Waals surface area contributed by atoms with Crippen LogP contribution in [0.15, 0.2) is 18.2 Å². The predicted molar refractivity (Wildman–Crippen MR) is 86.5 cm³/mol. The summed E-state index contributed by atoms with van der Waals surface area (Å²) in [5, 5.41) is 2.62. The van der Waals surface area contributed by atoms with Gasteiger partial charge in [0.25, 0.3) is 0 Å². The van der Waals surface area contributed by atoms with Crippen molar-refractivity contribution in [3.8, 4) is 0 Å². The standard InChI is InChI=1S/C17H16N4O3/c1-11(22)20-9-13-10-21(16(23)24-13)12-4-5-14(15(8-12)18-2)17(19-3)6-7-17/h4-5,8,13H,6-7,9-10H2,1H3,(H,20,22). The smallest absolute Gasteiger partial charge is 0.414 e. The normalized spacial score (nSPS) is 20.7. The summed E-state index contributed by atoms with van der Waals surface area (Å²) in [6.45, 7) is 16.7. The first kappa shape index (κ1) is 15.8. The molecule has 7 heteroatoms. The van der Waals surface area contributed by atoms with Crippen molar-refractivity contribution in [2.75, 3.05) is 18.0 Å². The van der Waals surface area contributed by atoms with Crippen LogP contribution in [0.25, 0.3) is 9.69 Å². The number of benzene rings is 1. The van der Waals surface area contributed by atoms with Crippen molar-refractivity contribution >= 4 is 23.4 Å². The van der Waals surface area contributed by atoms with Crippen molar-refractivity contribution in [1.29, 1.82) is 0 Å². The molecule has 3 rings (SSSR count). The van der Waals surface area contributed by atoms with E-state index >= 15 is 0 Å². The number of carbonyl (C=O) groups excluding carboxylic acids is 2. The zero-order chi connectivity index (χ0) is 17.3. The highest BCUT2D eigenvalue weighted by atomic mass is 16.6. The zero-order valence-corrected chi connectivity index (χ0v) is 13.2. The molecule has 7 nitrogen and oxygen atoms in total. The van der Waals surface area contributed by atoms with Crippen molar-refractivity contribution < 1.29 is 14.3 Å². The summed E-state index contributed by atoms with van der Waals surface area (Å²) in [7, 11) is 0. The molecule has 2 aliphatic rings. The fourth-order valence-electron chi connectivity index (χ4n) is 2.83. The van der Waals surface area contributed by atoms with Crippen molar-refractivity contribution in [1.82, 2.24) is 5.32 Å². The second kappa shape index (κ2) is 5.86. The third-order valence-electron chi connectivity index (χ3n) is 4.31. The fourth-order valence-corrected chi connectivity index (χ4v) is 2.83. The molecule has 1 N–H and O–H groups in total. The minimum Gasteiger partial charge on any atom is -0.442 e. The predicted octanol–water partition coefficient (Wildman–Crippen LogP) is 2.61. The molecule has 1 aromatic rings. The number of rotatable bonds is 4. The number of nitrogens with zero attached hydrogens (tertiary/aromatic N) is 3. The fraction of sp³-hybridized carbons (Fsp3) is 0.412. The van der Waals surface area contributed by atoms with Gasteiger partial charge in [-0.1, -0.05) is 6.07 Å². The Bertz CT molecular complexity index is 786. The van der Waals surface area contributed by atoms with Gasteiger partial charge in [0.1, 0.15) is 6.10 Å². The molecule has 122 valence electrons. The van der Waals surface area contributed by atoms with E-state index in [2.05, 4.69) is 15.0 Å². The van der Waals surface area contributed by atoms with Crippen LogP contribution in [0.4, 0.5) is 16.2 Å². The molecule has 1 saturated heterocycles. The van der Waals surface area contributed by atoms with E-state index < -0.39 is 17.7 Å². The van der Waals surface area contributed by atoms with Gasteiger partial charge in [0.2, 0.25) is 11.4 Å². The first-order valence-corrected chi connectivity index (χ1v) is 7.62. The second-order valence-electron chi connectivity index (χ2n) is 6.01. The van der Waals surface area contributed by atoms with Crippen LogP contribution in [-0.2, 0) is 15.1 Å². The van der Waals surface area contributed by atoms with Crippen molar-refractivity contribution in [3.05, 3.63) is 46.6 Å². The van der Waals surface area contributed by atoms with Gasteiger partial charge in [0.05, 0.1) is 19.7 Å². The van der Waals surface area contributed by atoms with Crippen LogP contribution in [0.3, 0.4) is 0 Å². The topological polar surface area (TPSA) is 67.4 Å². The highest BCUT2D eigenvalue weighted by Gasteiger charge is 2.53. The van der Waals surface area contributed by atoms with Gasteiger partial charge in [0.15, 0.2) is 5.69 Å². The lowest BCUT2D eigenvalue weighted by Crippen LogP contribution is -2.33. The molecule has 0 spiro atoms. The molecule has 1 aromatic carbocycles. The third kappa shape index (κ3) is 2.77.